The van der Waals surface area contributed by atoms with Crippen LogP contribution in [0, 0.1) is 0 Å². The summed E-state index contributed by atoms with van der Waals surface area (Å²) in [5.74, 6) is -0.0775. The van der Waals surface area contributed by atoms with Crippen molar-refractivity contribution in [1.82, 2.24) is 0 Å². The zero-order chi connectivity index (χ0) is 8.81. The van der Waals surface area contributed by atoms with Gasteiger partial charge in [0.05, 0.1) is 6.61 Å². The highest BCUT2D eigenvalue weighted by Gasteiger charge is 2.19. The molecule has 0 aromatic heterocycles. The van der Waals surface area contributed by atoms with Crippen LogP contribution in [0.1, 0.15) is 32.6 Å². The molecule has 3 nitrogen and oxygen atoms in total. The van der Waals surface area contributed by atoms with Gasteiger partial charge in [0.15, 0.2) is 0 Å². The molecule has 0 radical (unpaired) electrons. The highest BCUT2D eigenvalue weighted by molar-refractivity contribution is 5.70. The van der Waals surface area contributed by atoms with E-state index >= 15 is 0 Å². The summed E-state index contributed by atoms with van der Waals surface area (Å²) in [7, 11) is 0. The molecule has 0 amide bonds. The maximum atomic E-state index is 10.8. The third-order valence-corrected chi connectivity index (χ3v) is 1.86. The second kappa shape index (κ2) is 5.14. The third kappa shape index (κ3) is 3.22. The minimum Gasteiger partial charge on any atom is -0.460 e. The molecule has 1 unspecified atom stereocenters. The van der Waals surface area contributed by atoms with Crippen molar-refractivity contribution in [2.45, 2.75) is 38.7 Å². The normalized spacial score (nSPS) is 23.8. The van der Waals surface area contributed by atoms with Crippen LogP contribution < -0.4 is 0 Å². The molecule has 1 aliphatic heterocycles. The van der Waals surface area contributed by atoms with E-state index in [1.165, 1.54) is 0 Å². The first-order chi connectivity index (χ1) is 5.83. The monoisotopic (exact) mass is 172 g/mol. The number of hydrogen-bond acceptors (Lipinski definition) is 3. The van der Waals surface area contributed by atoms with Gasteiger partial charge in [0.1, 0.15) is 6.10 Å². The van der Waals surface area contributed by atoms with E-state index in [1.807, 2.05) is 0 Å². The molecule has 1 fully saturated rings. The van der Waals surface area contributed by atoms with Gasteiger partial charge in [-0.15, -0.1) is 0 Å². The molecule has 0 spiro atoms. The van der Waals surface area contributed by atoms with E-state index in [9.17, 15) is 4.79 Å². The second-order valence-corrected chi connectivity index (χ2v) is 3.08. The fourth-order valence-corrected chi connectivity index (χ4v) is 1.25. The fourth-order valence-electron chi connectivity index (χ4n) is 1.25. The molecule has 3 heteroatoms. The highest BCUT2D eigenvalue weighted by Crippen LogP contribution is 2.13. The molecule has 0 bridgehead atoms. The smallest absolute Gasteiger partial charge is 0.306 e. The number of esters is 1. The summed E-state index contributed by atoms with van der Waals surface area (Å²) in [5.41, 5.74) is 0. The van der Waals surface area contributed by atoms with Crippen LogP contribution in [0.25, 0.3) is 0 Å². The van der Waals surface area contributed by atoms with Crippen LogP contribution >= 0.6 is 0 Å². The van der Waals surface area contributed by atoms with E-state index in [-0.39, 0.29) is 12.1 Å². The first kappa shape index (κ1) is 9.52. The average Bonchev–Trinajstić information content (AvgIpc) is 2.05. The van der Waals surface area contributed by atoms with E-state index in [1.54, 1.807) is 0 Å². The third-order valence-electron chi connectivity index (χ3n) is 1.86. The number of cyclic esters (lactones) is 1. The van der Waals surface area contributed by atoms with Crippen molar-refractivity contribution in [3.8, 4) is 0 Å². The molecule has 1 atom stereocenters. The minimum atomic E-state index is -0.0775. The number of ether oxygens (including phenoxy) is 2. The maximum Gasteiger partial charge on any atom is 0.306 e. The molecule has 70 valence electrons. The van der Waals surface area contributed by atoms with Gasteiger partial charge in [-0.2, -0.15) is 0 Å². The average molecular weight is 172 g/mol. The highest BCUT2D eigenvalue weighted by atomic mass is 16.6. The lowest BCUT2D eigenvalue weighted by molar-refractivity contribution is -0.157. The Balaban J connectivity index is 2.10. The molecular weight excluding hydrogens is 156 g/mol. The van der Waals surface area contributed by atoms with Crippen molar-refractivity contribution in [1.29, 1.82) is 0 Å². The van der Waals surface area contributed by atoms with Gasteiger partial charge in [0.25, 0.3) is 0 Å². The molecule has 1 rings (SSSR count). The van der Waals surface area contributed by atoms with Crippen LogP contribution in [-0.4, -0.2) is 25.3 Å². The van der Waals surface area contributed by atoms with Gasteiger partial charge in [-0.25, -0.2) is 0 Å². The topological polar surface area (TPSA) is 35.5 Å². The van der Waals surface area contributed by atoms with Crippen LogP contribution in [0.5, 0.6) is 0 Å². The van der Waals surface area contributed by atoms with Crippen molar-refractivity contribution in [3.63, 3.8) is 0 Å². The molecule has 0 aromatic rings. The molecular formula is C9H16O3. The molecule has 1 saturated heterocycles. The van der Waals surface area contributed by atoms with Crippen molar-refractivity contribution >= 4 is 5.97 Å². The van der Waals surface area contributed by atoms with Crippen LogP contribution in [-0.2, 0) is 14.3 Å². The van der Waals surface area contributed by atoms with Gasteiger partial charge in [0.2, 0.25) is 0 Å². The van der Waals surface area contributed by atoms with Crippen LogP contribution in [0.4, 0.5) is 0 Å². The lowest BCUT2D eigenvalue weighted by atomic mass is 10.1. The summed E-state index contributed by atoms with van der Waals surface area (Å²) in [6, 6.07) is 0. The van der Waals surface area contributed by atoms with Crippen molar-refractivity contribution in [3.05, 3.63) is 0 Å². The predicted octanol–water partition coefficient (Wildman–Crippen LogP) is 1.51. The standard InChI is InChI=1S/C9H16O3/c1-2-6-11-7-8-4-3-5-9(10)12-8/h8H,2-7H2,1H3. The molecule has 0 aliphatic carbocycles. The molecule has 0 aromatic carbocycles. The van der Waals surface area contributed by atoms with Crippen LogP contribution in [0.2, 0.25) is 0 Å². The van der Waals surface area contributed by atoms with Gasteiger partial charge in [0, 0.05) is 13.0 Å². The molecule has 12 heavy (non-hydrogen) atoms. The Bertz CT molecular complexity index is 145. The summed E-state index contributed by atoms with van der Waals surface area (Å²) >= 11 is 0. The van der Waals surface area contributed by atoms with E-state index in [0.29, 0.717) is 13.0 Å². The van der Waals surface area contributed by atoms with E-state index in [0.717, 1.165) is 25.9 Å². The Morgan fingerprint density at radius 3 is 3.17 bits per heavy atom. The first-order valence-corrected chi connectivity index (χ1v) is 4.60. The Morgan fingerprint density at radius 2 is 2.50 bits per heavy atom. The Morgan fingerprint density at radius 1 is 1.67 bits per heavy atom. The Kier molecular flexibility index (Phi) is 4.08. The molecule has 1 heterocycles. The lowest BCUT2D eigenvalue weighted by Gasteiger charge is -2.21. The van der Waals surface area contributed by atoms with Crippen molar-refractivity contribution < 1.29 is 14.3 Å². The van der Waals surface area contributed by atoms with Crippen LogP contribution in [0.15, 0.2) is 0 Å². The number of hydrogen-bond donors (Lipinski definition) is 0. The summed E-state index contributed by atoms with van der Waals surface area (Å²) in [6.07, 6.45) is 3.50. The largest absolute Gasteiger partial charge is 0.460 e. The van der Waals surface area contributed by atoms with E-state index in [2.05, 4.69) is 6.92 Å². The minimum absolute atomic E-state index is 0.0119. The maximum absolute atomic E-state index is 10.8. The van der Waals surface area contributed by atoms with Gasteiger partial charge in [-0.05, 0) is 19.3 Å². The van der Waals surface area contributed by atoms with Gasteiger partial charge < -0.3 is 9.47 Å². The Labute approximate surface area is 73.0 Å². The summed E-state index contributed by atoms with van der Waals surface area (Å²) in [5, 5.41) is 0. The quantitative estimate of drug-likeness (QED) is 0.476. The molecule has 1 aliphatic rings. The van der Waals surface area contributed by atoms with Crippen LogP contribution in [0.3, 0.4) is 0 Å². The molecule has 0 saturated carbocycles. The SMILES string of the molecule is CCCOCC1CCCC(=O)O1. The van der Waals surface area contributed by atoms with Crippen molar-refractivity contribution in [2.24, 2.45) is 0 Å². The summed E-state index contributed by atoms with van der Waals surface area (Å²) < 4.78 is 10.4. The lowest BCUT2D eigenvalue weighted by Crippen LogP contribution is -2.27. The summed E-state index contributed by atoms with van der Waals surface area (Å²) in [4.78, 5) is 10.8. The zero-order valence-electron chi connectivity index (χ0n) is 7.54. The molecule has 0 N–H and O–H groups in total. The zero-order valence-corrected chi connectivity index (χ0v) is 7.54. The van der Waals surface area contributed by atoms with Gasteiger partial charge in [-0.1, -0.05) is 6.92 Å². The summed E-state index contributed by atoms with van der Waals surface area (Å²) in [6.45, 7) is 3.39. The van der Waals surface area contributed by atoms with Gasteiger partial charge >= 0.3 is 5.97 Å². The number of carbonyl (C=O) groups is 1. The van der Waals surface area contributed by atoms with E-state index in [4.69, 9.17) is 9.47 Å². The van der Waals surface area contributed by atoms with Crippen molar-refractivity contribution in [2.75, 3.05) is 13.2 Å². The fraction of sp³-hybridized carbons (Fsp3) is 0.889. The second-order valence-electron chi connectivity index (χ2n) is 3.08. The predicted molar refractivity (Wildman–Crippen MR) is 44.8 cm³/mol. The van der Waals surface area contributed by atoms with E-state index < -0.39 is 0 Å². The number of carbonyl (C=O) groups excluding carboxylic acids is 1. The first-order valence-electron chi connectivity index (χ1n) is 4.60. The Hall–Kier alpha value is -0.570. The number of rotatable bonds is 4. The van der Waals surface area contributed by atoms with Gasteiger partial charge in [-0.3, -0.25) is 4.79 Å².